The molecule has 1 saturated heterocycles. The molecule has 3 nitrogen and oxygen atoms in total. The predicted molar refractivity (Wildman–Crippen MR) is 72.7 cm³/mol. The van der Waals surface area contributed by atoms with E-state index in [4.69, 9.17) is 11.6 Å². The van der Waals surface area contributed by atoms with Crippen LogP contribution in [-0.4, -0.2) is 40.9 Å². The summed E-state index contributed by atoms with van der Waals surface area (Å²) in [7, 11) is 0. The third kappa shape index (κ3) is 3.88. The second-order valence-corrected chi connectivity index (χ2v) is 6.77. The lowest BCUT2D eigenvalue weighted by Crippen LogP contribution is -2.30. The summed E-state index contributed by atoms with van der Waals surface area (Å²) < 4.78 is 0.787. The summed E-state index contributed by atoms with van der Waals surface area (Å²) in [6.07, 6.45) is 0.372. The number of thiophene rings is 1. The van der Waals surface area contributed by atoms with Crippen molar-refractivity contribution >= 4 is 40.6 Å². The Kier molecular flexibility index (Phi) is 4.73. The number of likely N-dealkylation sites (tertiary alicyclic amines) is 1. The summed E-state index contributed by atoms with van der Waals surface area (Å²) in [5.74, 6) is 1.41. The quantitative estimate of drug-likeness (QED) is 0.925. The highest BCUT2D eigenvalue weighted by atomic mass is 35.5. The predicted octanol–water partition coefficient (Wildman–Crippen LogP) is 2.23. The van der Waals surface area contributed by atoms with Gasteiger partial charge in [-0.25, -0.2) is 0 Å². The number of carbonyl (C=O) groups excluding carboxylic acids is 1. The van der Waals surface area contributed by atoms with Crippen LogP contribution in [0.1, 0.15) is 11.3 Å². The van der Waals surface area contributed by atoms with Crippen LogP contribution in [0.25, 0.3) is 0 Å². The number of halogens is 1. The van der Waals surface area contributed by atoms with Gasteiger partial charge in [0, 0.05) is 23.7 Å². The van der Waals surface area contributed by atoms with Crippen LogP contribution in [0.5, 0.6) is 0 Å². The highest BCUT2D eigenvalue weighted by Crippen LogP contribution is 2.25. The Morgan fingerprint density at radius 1 is 1.65 bits per heavy atom. The zero-order chi connectivity index (χ0) is 12.3. The Morgan fingerprint density at radius 3 is 3.06 bits per heavy atom. The minimum atomic E-state index is -0.333. The van der Waals surface area contributed by atoms with Crippen molar-refractivity contribution in [3.63, 3.8) is 0 Å². The SMILES string of the molecule is O=C(CSCc1ccc(Cl)s1)N1CCC(O)C1. The minimum absolute atomic E-state index is 0.120. The monoisotopic (exact) mass is 291 g/mol. The first-order valence-corrected chi connectivity index (χ1v) is 7.78. The molecule has 17 heavy (non-hydrogen) atoms. The number of nitrogens with zero attached hydrogens (tertiary/aromatic N) is 1. The van der Waals surface area contributed by atoms with Gasteiger partial charge in [-0.2, -0.15) is 0 Å². The van der Waals surface area contributed by atoms with E-state index in [-0.39, 0.29) is 12.0 Å². The number of aliphatic hydroxyl groups excluding tert-OH is 1. The van der Waals surface area contributed by atoms with E-state index in [2.05, 4.69) is 0 Å². The molecule has 1 aromatic rings. The molecule has 94 valence electrons. The maximum Gasteiger partial charge on any atom is 0.232 e. The fraction of sp³-hybridized carbons (Fsp3) is 0.545. The first-order chi connectivity index (χ1) is 8.15. The smallest absolute Gasteiger partial charge is 0.232 e. The summed E-state index contributed by atoms with van der Waals surface area (Å²) in [4.78, 5) is 14.7. The Bertz CT molecular complexity index is 397. The molecule has 1 N–H and O–H groups in total. The normalized spacial score (nSPS) is 19.9. The fourth-order valence-corrected chi connectivity index (χ4v) is 3.85. The van der Waals surface area contributed by atoms with Crippen molar-refractivity contribution in [3.05, 3.63) is 21.3 Å². The van der Waals surface area contributed by atoms with Gasteiger partial charge in [0.25, 0.3) is 0 Å². The molecule has 0 aliphatic carbocycles. The lowest BCUT2D eigenvalue weighted by atomic mass is 10.3. The zero-order valence-corrected chi connectivity index (χ0v) is 11.7. The fourth-order valence-electron chi connectivity index (χ4n) is 1.73. The van der Waals surface area contributed by atoms with Crippen molar-refractivity contribution in [2.75, 3.05) is 18.8 Å². The van der Waals surface area contributed by atoms with E-state index < -0.39 is 0 Å². The molecule has 0 bridgehead atoms. The molecule has 0 aromatic carbocycles. The van der Waals surface area contributed by atoms with E-state index in [0.717, 1.165) is 10.1 Å². The topological polar surface area (TPSA) is 40.5 Å². The second kappa shape index (κ2) is 6.09. The van der Waals surface area contributed by atoms with Gasteiger partial charge in [-0.3, -0.25) is 4.79 Å². The molecule has 6 heteroatoms. The van der Waals surface area contributed by atoms with Crippen LogP contribution in [0.15, 0.2) is 12.1 Å². The molecule has 1 aromatic heterocycles. The Hall–Kier alpha value is -0.230. The molecule has 1 aliphatic rings. The van der Waals surface area contributed by atoms with Crippen molar-refractivity contribution < 1.29 is 9.90 Å². The number of carbonyl (C=O) groups is 1. The van der Waals surface area contributed by atoms with Crippen LogP contribution in [0.4, 0.5) is 0 Å². The van der Waals surface area contributed by atoms with Gasteiger partial charge < -0.3 is 10.0 Å². The number of amides is 1. The van der Waals surface area contributed by atoms with E-state index in [9.17, 15) is 9.90 Å². The van der Waals surface area contributed by atoms with Crippen LogP contribution in [0, 0.1) is 0 Å². The summed E-state index contributed by atoms with van der Waals surface area (Å²) in [5.41, 5.74) is 0. The minimum Gasteiger partial charge on any atom is -0.391 e. The lowest BCUT2D eigenvalue weighted by Gasteiger charge is -2.14. The molecule has 2 rings (SSSR count). The van der Waals surface area contributed by atoms with Crippen LogP contribution in [-0.2, 0) is 10.5 Å². The molecule has 1 aliphatic heterocycles. The molecular weight excluding hydrogens is 278 g/mol. The summed E-state index contributed by atoms with van der Waals surface area (Å²) in [6, 6.07) is 3.87. The molecule has 0 radical (unpaired) electrons. The standard InChI is InChI=1S/C11H14ClNO2S2/c12-10-2-1-9(17-10)6-16-7-11(15)13-4-3-8(14)5-13/h1-2,8,14H,3-7H2. The lowest BCUT2D eigenvalue weighted by molar-refractivity contribution is -0.127. The number of hydrogen-bond acceptors (Lipinski definition) is 4. The Morgan fingerprint density at radius 2 is 2.47 bits per heavy atom. The van der Waals surface area contributed by atoms with Gasteiger partial charge in [0.15, 0.2) is 0 Å². The summed E-state index contributed by atoms with van der Waals surface area (Å²) >= 11 is 8.97. The molecule has 2 heterocycles. The Labute approximate surface area is 114 Å². The number of thioether (sulfide) groups is 1. The molecule has 1 fully saturated rings. The molecule has 1 atom stereocenters. The van der Waals surface area contributed by atoms with Gasteiger partial charge in [0.2, 0.25) is 5.91 Å². The largest absolute Gasteiger partial charge is 0.391 e. The van der Waals surface area contributed by atoms with Crippen LogP contribution >= 0.6 is 34.7 Å². The third-order valence-electron chi connectivity index (χ3n) is 2.61. The van der Waals surface area contributed by atoms with Crippen molar-refractivity contribution in [2.45, 2.75) is 18.3 Å². The van der Waals surface area contributed by atoms with Gasteiger partial charge in [0.05, 0.1) is 16.2 Å². The van der Waals surface area contributed by atoms with E-state index in [1.54, 1.807) is 28.0 Å². The first kappa shape index (κ1) is 13.2. The van der Waals surface area contributed by atoms with Crippen LogP contribution in [0.3, 0.4) is 0 Å². The van der Waals surface area contributed by atoms with Crippen LogP contribution < -0.4 is 0 Å². The van der Waals surface area contributed by atoms with Gasteiger partial charge in [-0.1, -0.05) is 11.6 Å². The average Bonchev–Trinajstić information content (AvgIpc) is 2.88. The summed E-state index contributed by atoms with van der Waals surface area (Å²) in [6.45, 7) is 1.18. The van der Waals surface area contributed by atoms with E-state index >= 15 is 0 Å². The molecule has 1 unspecified atom stereocenters. The average molecular weight is 292 g/mol. The van der Waals surface area contributed by atoms with Crippen molar-refractivity contribution in [1.29, 1.82) is 0 Å². The van der Waals surface area contributed by atoms with Gasteiger partial charge in [-0.15, -0.1) is 23.1 Å². The maximum atomic E-state index is 11.8. The molecular formula is C11H14ClNO2S2. The highest BCUT2D eigenvalue weighted by molar-refractivity contribution is 7.99. The molecule has 0 spiro atoms. The maximum absolute atomic E-state index is 11.8. The third-order valence-corrected chi connectivity index (χ3v) is 4.99. The highest BCUT2D eigenvalue weighted by Gasteiger charge is 2.23. The van der Waals surface area contributed by atoms with E-state index in [0.29, 0.717) is 25.3 Å². The van der Waals surface area contributed by atoms with E-state index in [1.165, 1.54) is 4.88 Å². The number of β-amino-alcohol motifs (C(OH)–C–C–N with tert-alkyl or cyclic N) is 1. The van der Waals surface area contributed by atoms with Gasteiger partial charge >= 0.3 is 0 Å². The molecule has 0 saturated carbocycles. The van der Waals surface area contributed by atoms with Gasteiger partial charge in [0.1, 0.15) is 0 Å². The number of aliphatic hydroxyl groups is 1. The first-order valence-electron chi connectivity index (χ1n) is 5.43. The van der Waals surface area contributed by atoms with Crippen molar-refractivity contribution in [2.24, 2.45) is 0 Å². The van der Waals surface area contributed by atoms with Gasteiger partial charge in [-0.05, 0) is 18.6 Å². The van der Waals surface area contributed by atoms with Crippen molar-refractivity contribution in [1.82, 2.24) is 4.90 Å². The summed E-state index contributed by atoms with van der Waals surface area (Å²) in [5, 5.41) is 9.34. The second-order valence-electron chi connectivity index (χ2n) is 3.98. The number of hydrogen-bond donors (Lipinski definition) is 1. The number of rotatable bonds is 4. The van der Waals surface area contributed by atoms with Crippen LogP contribution in [0.2, 0.25) is 4.34 Å². The van der Waals surface area contributed by atoms with E-state index in [1.807, 2.05) is 12.1 Å². The zero-order valence-electron chi connectivity index (χ0n) is 9.26. The van der Waals surface area contributed by atoms with Crippen molar-refractivity contribution in [3.8, 4) is 0 Å². The molecule has 1 amide bonds. The Balaban J connectivity index is 1.70.